The maximum absolute atomic E-state index is 12.6. The Morgan fingerprint density at radius 1 is 1.26 bits per heavy atom. The Labute approximate surface area is 161 Å². The Kier molecular flexibility index (Phi) is 4.49. The molecule has 2 heterocycles. The number of phenols is 1. The fourth-order valence-electron chi connectivity index (χ4n) is 2.87. The average molecular weight is 378 g/mol. The van der Waals surface area contributed by atoms with Gasteiger partial charge in [0.05, 0.1) is 4.91 Å². The van der Waals surface area contributed by atoms with Crippen molar-refractivity contribution >= 4 is 34.6 Å². The van der Waals surface area contributed by atoms with E-state index in [4.69, 9.17) is 4.74 Å². The van der Waals surface area contributed by atoms with Crippen molar-refractivity contribution < 1.29 is 14.6 Å². The Morgan fingerprint density at radius 3 is 2.89 bits per heavy atom. The van der Waals surface area contributed by atoms with Crippen LogP contribution in [-0.2, 0) is 4.79 Å². The van der Waals surface area contributed by atoms with Gasteiger partial charge in [-0.25, -0.2) is 4.99 Å². The lowest BCUT2D eigenvalue weighted by atomic mass is 10.1. The number of likely N-dealkylation sites (N-methyl/N-ethyl adjacent to an activating group) is 1. The zero-order valence-electron chi connectivity index (χ0n) is 15.0. The summed E-state index contributed by atoms with van der Waals surface area (Å²) in [7, 11) is 1.68. The Morgan fingerprint density at radius 2 is 2.07 bits per heavy atom. The van der Waals surface area contributed by atoms with Gasteiger partial charge < -0.3 is 9.84 Å². The lowest BCUT2D eigenvalue weighted by molar-refractivity contribution is -0.121. The molecule has 1 N–H and O–H groups in total. The van der Waals surface area contributed by atoms with E-state index in [1.54, 1.807) is 19.2 Å². The second-order valence-electron chi connectivity index (χ2n) is 6.41. The van der Waals surface area contributed by atoms with E-state index >= 15 is 0 Å². The van der Waals surface area contributed by atoms with Gasteiger partial charge in [0.2, 0.25) is 0 Å². The zero-order valence-corrected chi connectivity index (χ0v) is 15.8. The lowest BCUT2D eigenvalue weighted by Crippen LogP contribution is -2.23. The van der Waals surface area contributed by atoms with Crippen molar-refractivity contribution in [1.82, 2.24) is 4.90 Å². The van der Waals surface area contributed by atoms with Crippen molar-refractivity contribution in [3.63, 3.8) is 0 Å². The Balaban J connectivity index is 1.62. The first kappa shape index (κ1) is 17.4. The Bertz CT molecular complexity index is 1020. The van der Waals surface area contributed by atoms with E-state index in [9.17, 15) is 9.90 Å². The molecular formula is C21H18N2O3S. The monoisotopic (exact) mass is 378 g/mol. The third kappa shape index (κ3) is 3.48. The van der Waals surface area contributed by atoms with Crippen LogP contribution in [0.25, 0.3) is 6.08 Å². The van der Waals surface area contributed by atoms with Gasteiger partial charge in [-0.1, -0.05) is 24.3 Å². The van der Waals surface area contributed by atoms with Gasteiger partial charge in [-0.05, 0) is 60.2 Å². The summed E-state index contributed by atoms with van der Waals surface area (Å²) in [6, 6.07) is 13.1. The minimum atomic E-state index is -0.120. The number of aryl methyl sites for hydroxylation is 1. The standard InChI is InChI=1S/C21H18N2O3S/c1-13-7-8-16(17(24)9-13)22-21-23(2)20(25)19(27-21)11-14-10-15-5-3-4-6-18(15)26-12-14/h3-11,24H,12H2,1-2H3/b19-11-,22-21?. The maximum Gasteiger partial charge on any atom is 0.266 e. The second-order valence-corrected chi connectivity index (χ2v) is 7.42. The molecule has 5 nitrogen and oxygen atoms in total. The van der Waals surface area contributed by atoms with Gasteiger partial charge in [-0.15, -0.1) is 0 Å². The molecule has 1 fully saturated rings. The molecule has 2 aromatic rings. The number of benzene rings is 2. The number of carbonyl (C=O) groups excluding carboxylic acids is 1. The van der Waals surface area contributed by atoms with E-state index in [-0.39, 0.29) is 11.7 Å². The number of nitrogens with zero attached hydrogens (tertiary/aromatic N) is 2. The zero-order chi connectivity index (χ0) is 19.0. The number of ether oxygens (including phenoxy) is 1. The van der Waals surface area contributed by atoms with Crippen molar-refractivity contribution in [1.29, 1.82) is 0 Å². The normalized spacial score (nSPS) is 19.3. The summed E-state index contributed by atoms with van der Waals surface area (Å²) in [5.41, 5.74) is 3.32. The van der Waals surface area contributed by atoms with Gasteiger partial charge in [0.25, 0.3) is 5.91 Å². The predicted molar refractivity (Wildman–Crippen MR) is 108 cm³/mol. The first-order valence-corrected chi connectivity index (χ1v) is 9.31. The molecule has 0 radical (unpaired) electrons. The topological polar surface area (TPSA) is 62.1 Å². The summed E-state index contributed by atoms with van der Waals surface area (Å²) >= 11 is 1.29. The van der Waals surface area contributed by atoms with Crippen molar-refractivity contribution in [3.05, 3.63) is 70.1 Å². The number of hydrogen-bond acceptors (Lipinski definition) is 5. The molecule has 0 spiro atoms. The number of amidine groups is 1. The summed E-state index contributed by atoms with van der Waals surface area (Å²) in [5.74, 6) is 0.825. The van der Waals surface area contributed by atoms with Gasteiger partial charge in [0.15, 0.2) is 5.17 Å². The van der Waals surface area contributed by atoms with Gasteiger partial charge in [-0.2, -0.15) is 0 Å². The molecule has 0 aliphatic carbocycles. The van der Waals surface area contributed by atoms with Crippen LogP contribution in [0.5, 0.6) is 11.5 Å². The number of aliphatic imine (C=N–C) groups is 1. The van der Waals surface area contributed by atoms with Crippen LogP contribution in [0, 0.1) is 6.92 Å². The molecule has 27 heavy (non-hydrogen) atoms. The van der Waals surface area contributed by atoms with Crippen LogP contribution in [0.15, 0.2) is 64.0 Å². The predicted octanol–water partition coefficient (Wildman–Crippen LogP) is 4.25. The van der Waals surface area contributed by atoms with Gasteiger partial charge in [-0.3, -0.25) is 9.69 Å². The number of fused-ring (bicyclic) bond motifs is 1. The number of rotatable bonds is 2. The fourth-order valence-corrected chi connectivity index (χ4v) is 3.86. The number of hydrogen-bond donors (Lipinski definition) is 1. The third-order valence-corrected chi connectivity index (χ3v) is 5.38. The van der Waals surface area contributed by atoms with Crippen LogP contribution in [0.2, 0.25) is 0 Å². The minimum absolute atomic E-state index is 0.0985. The van der Waals surface area contributed by atoms with E-state index < -0.39 is 0 Å². The largest absolute Gasteiger partial charge is 0.506 e. The molecule has 6 heteroatoms. The first-order valence-electron chi connectivity index (χ1n) is 8.49. The summed E-state index contributed by atoms with van der Waals surface area (Å²) in [4.78, 5) is 19.1. The summed E-state index contributed by atoms with van der Waals surface area (Å²) in [6.45, 7) is 2.32. The molecule has 0 saturated carbocycles. The molecule has 0 atom stereocenters. The van der Waals surface area contributed by atoms with Crippen LogP contribution >= 0.6 is 11.8 Å². The lowest BCUT2D eigenvalue weighted by Gasteiger charge is -2.15. The van der Waals surface area contributed by atoms with Gasteiger partial charge in [0, 0.05) is 12.6 Å². The second kappa shape index (κ2) is 6.96. The van der Waals surface area contributed by atoms with Crippen LogP contribution in [0.1, 0.15) is 11.1 Å². The number of carbonyl (C=O) groups is 1. The number of aromatic hydroxyl groups is 1. The third-order valence-electron chi connectivity index (χ3n) is 4.32. The first-order chi connectivity index (χ1) is 13.0. The van der Waals surface area contributed by atoms with E-state index in [0.717, 1.165) is 22.4 Å². The highest BCUT2D eigenvalue weighted by Gasteiger charge is 2.31. The molecule has 1 saturated heterocycles. The smallest absolute Gasteiger partial charge is 0.266 e. The molecule has 2 aliphatic heterocycles. The van der Waals surface area contributed by atoms with Crippen molar-refractivity contribution in [2.45, 2.75) is 6.92 Å². The number of para-hydroxylation sites is 1. The van der Waals surface area contributed by atoms with Crippen molar-refractivity contribution in [2.75, 3.05) is 13.7 Å². The minimum Gasteiger partial charge on any atom is -0.506 e. The molecule has 0 unspecified atom stereocenters. The quantitative estimate of drug-likeness (QED) is 0.794. The summed E-state index contributed by atoms with van der Waals surface area (Å²) in [6.07, 6.45) is 3.87. The molecule has 136 valence electrons. The molecule has 2 aromatic carbocycles. The molecule has 2 aliphatic rings. The molecule has 4 rings (SSSR count). The highest BCUT2D eigenvalue weighted by molar-refractivity contribution is 8.18. The van der Waals surface area contributed by atoms with Crippen LogP contribution in [0.3, 0.4) is 0 Å². The SMILES string of the molecule is Cc1ccc(N=C2S/C(=C\C3=Cc4ccccc4OC3)C(=O)N2C)c(O)c1. The van der Waals surface area contributed by atoms with Crippen LogP contribution < -0.4 is 4.74 Å². The highest BCUT2D eigenvalue weighted by Crippen LogP contribution is 2.36. The molecular weight excluding hydrogens is 360 g/mol. The molecule has 1 amide bonds. The molecule has 0 bridgehead atoms. The van der Waals surface area contributed by atoms with E-state index in [2.05, 4.69) is 4.99 Å². The van der Waals surface area contributed by atoms with Crippen LogP contribution in [0.4, 0.5) is 5.69 Å². The van der Waals surface area contributed by atoms with E-state index in [1.807, 2.05) is 49.4 Å². The van der Waals surface area contributed by atoms with Gasteiger partial charge >= 0.3 is 0 Å². The van der Waals surface area contributed by atoms with Crippen molar-refractivity contribution in [3.8, 4) is 11.5 Å². The van der Waals surface area contributed by atoms with E-state index in [0.29, 0.717) is 22.4 Å². The maximum atomic E-state index is 12.6. The average Bonchev–Trinajstić information content (AvgIpc) is 2.92. The van der Waals surface area contributed by atoms with Crippen molar-refractivity contribution in [2.24, 2.45) is 4.99 Å². The fraction of sp³-hybridized carbons (Fsp3) is 0.143. The van der Waals surface area contributed by atoms with E-state index in [1.165, 1.54) is 16.7 Å². The number of phenolic OH excluding ortho intramolecular Hbond substituents is 1. The summed E-state index contributed by atoms with van der Waals surface area (Å²) < 4.78 is 5.75. The Hall–Kier alpha value is -2.99. The number of amides is 1. The van der Waals surface area contributed by atoms with Crippen LogP contribution in [-0.4, -0.2) is 34.7 Å². The summed E-state index contributed by atoms with van der Waals surface area (Å²) in [5, 5.41) is 10.6. The van der Waals surface area contributed by atoms with Gasteiger partial charge in [0.1, 0.15) is 23.8 Å². The molecule has 0 aromatic heterocycles. The highest BCUT2D eigenvalue weighted by atomic mass is 32.2. The number of thioether (sulfide) groups is 1.